The summed E-state index contributed by atoms with van der Waals surface area (Å²) in [5.41, 5.74) is 2.93. The lowest BCUT2D eigenvalue weighted by atomic mass is 10.0. The second-order valence-electron chi connectivity index (χ2n) is 7.67. The number of carbonyl (C=O) groups is 2. The average Bonchev–Trinajstić information content (AvgIpc) is 3.09. The number of anilines is 1. The molecule has 2 amide bonds. The molecule has 3 aromatic rings. The predicted octanol–water partition coefficient (Wildman–Crippen LogP) is 4.68. The van der Waals surface area contributed by atoms with Crippen LogP contribution in [-0.2, 0) is 16.0 Å². The zero-order valence-electron chi connectivity index (χ0n) is 18.6. The van der Waals surface area contributed by atoms with Gasteiger partial charge in [-0.1, -0.05) is 42.5 Å². The minimum atomic E-state index is -0.399. The van der Waals surface area contributed by atoms with E-state index in [2.05, 4.69) is 0 Å². The fourth-order valence-electron chi connectivity index (χ4n) is 4.00. The first-order chi connectivity index (χ1) is 16.0. The van der Waals surface area contributed by atoms with Crippen LogP contribution in [0, 0.1) is 5.82 Å². The number of imide groups is 1. The van der Waals surface area contributed by atoms with Gasteiger partial charge in [0.15, 0.2) is 0 Å². The van der Waals surface area contributed by atoms with E-state index >= 15 is 0 Å². The largest absolute Gasteiger partial charge is 0.497 e. The van der Waals surface area contributed by atoms with E-state index < -0.39 is 5.82 Å². The van der Waals surface area contributed by atoms with Gasteiger partial charge in [-0.05, 0) is 60.9 Å². The van der Waals surface area contributed by atoms with Gasteiger partial charge in [-0.3, -0.25) is 14.5 Å². The van der Waals surface area contributed by atoms with Crippen molar-refractivity contribution in [2.45, 2.75) is 13.3 Å². The van der Waals surface area contributed by atoms with Gasteiger partial charge in [0.1, 0.15) is 17.3 Å². The molecule has 5 nitrogen and oxygen atoms in total. The Morgan fingerprint density at radius 2 is 1.55 bits per heavy atom. The number of methoxy groups -OCH3 is 1. The van der Waals surface area contributed by atoms with Gasteiger partial charge < -0.3 is 9.64 Å². The topological polar surface area (TPSA) is 49.9 Å². The van der Waals surface area contributed by atoms with Crippen molar-refractivity contribution in [1.29, 1.82) is 0 Å². The lowest BCUT2D eigenvalue weighted by molar-refractivity contribution is -0.136. The van der Waals surface area contributed by atoms with Crippen molar-refractivity contribution >= 4 is 23.1 Å². The van der Waals surface area contributed by atoms with E-state index in [1.54, 1.807) is 19.2 Å². The van der Waals surface area contributed by atoms with Gasteiger partial charge in [-0.2, -0.15) is 0 Å². The number of carbonyl (C=O) groups excluding carboxylic acids is 2. The van der Waals surface area contributed by atoms with Gasteiger partial charge in [0.25, 0.3) is 11.8 Å². The third kappa shape index (κ3) is 4.51. The van der Waals surface area contributed by atoms with Crippen LogP contribution in [-0.4, -0.2) is 36.9 Å². The highest BCUT2D eigenvalue weighted by atomic mass is 19.1. The van der Waals surface area contributed by atoms with Crippen molar-refractivity contribution in [3.05, 3.63) is 102 Å². The van der Waals surface area contributed by atoms with Crippen LogP contribution in [0.25, 0.3) is 5.57 Å². The van der Waals surface area contributed by atoms with Gasteiger partial charge in [-0.15, -0.1) is 0 Å². The lowest BCUT2D eigenvalue weighted by Crippen LogP contribution is -2.36. The molecular formula is C27H25FN2O3. The Labute approximate surface area is 192 Å². The lowest BCUT2D eigenvalue weighted by Gasteiger charge is -2.25. The van der Waals surface area contributed by atoms with E-state index in [-0.39, 0.29) is 18.4 Å². The fraction of sp³-hybridized carbons (Fsp3) is 0.185. The Kier molecular flexibility index (Phi) is 6.54. The van der Waals surface area contributed by atoms with Crippen LogP contribution >= 0.6 is 0 Å². The quantitative estimate of drug-likeness (QED) is 0.473. The normalized spacial score (nSPS) is 13.6. The summed E-state index contributed by atoms with van der Waals surface area (Å²) in [6.07, 6.45) is 0.517. The number of ether oxygens (including phenoxy) is 1. The fourth-order valence-corrected chi connectivity index (χ4v) is 4.00. The Morgan fingerprint density at radius 3 is 2.15 bits per heavy atom. The molecule has 4 rings (SSSR count). The summed E-state index contributed by atoms with van der Waals surface area (Å²) in [4.78, 5) is 30.2. The minimum Gasteiger partial charge on any atom is -0.497 e. The van der Waals surface area contributed by atoms with Crippen molar-refractivity contribution in [2.24, 2.45) is 0 Å². The summed E-state index contributed by atoms with van der Waals surface area (Å²) in [6.45, 7) is 2.67. The maximum atomic E-state index is 13.6. The molecule has 0 spiro atoms. The van der Waals surface area contributed by atoms with Gasteiger partial charge >= 0.3 is 0 Å². The zero-order valence-corrected chi connectivity index (χ0v) is 18.6. The smallest absolute Gasteiger partial charge is 0.278 e. The van der Waals surface area contributed by atoms with Crippen molar-refractivity contribution in [1.82, 2.24) is 4.90 Å². The van der Waals surface area contributed by atoms with Crippen LogP contribution in [0.15, 0.2) is 84.6 Å². The first-order valence-electron chi connectivity index (χ1n) is 10.9. The van der Waals surface area contributed by atoms with Crippen LogP contribution < -0.4 is 9.64 Å². The van der Waals surface area contributed by atoms with E-state index in [9.17, 15) is 14.0 Å². The summed E-state index contributed by atoms with van der Waals surface area (Å²) >= 11 is 0. The van der Waals surface area contributed by atoms with Gasteiger partial charge in [0.2, 0.25) is 0 Å². The highest BCUT2D eigenvalue weighted by molar-refractivity contribution is 6.36. The van der Waals surface area contributed by atoms with Crippen LogP contribution in [0.1, 0.15) is 18.1 Å². The third-order valence-electron chi connectivity index (χ3n) is 5.71. The molecule has 0 radical (unpaired) electrons. The molecule has 1 aliphatic rings. The molecular weight excluding hydrogens is 419 g/mol. The zero-order chi connectivity index (χ0) is 23.4. The van der Waals surface area contributed by atoms with Crippen LogP contribution in [0.4, 0.5) is 10.1 Å². The maximum absolute atomic E-state index is 13.6. The first-order valence-corrected chi connectivity index (χ1v) is 10.9. The van der Waals surface area contributed by atoms with Gasteiger partial charge in [0.05, 0.1) is 12.7 Å². The average molecular weight is 445 g/mol. The molecule has 1 heterocycles. The molecule has 0 aromatic heterocycles. The second-order valence-corrected chi connectivity index (χ2v) is 7.67. The standard InChI is InChI=1S/C27H25FN2O3/c1-3-29(22-7-5-4-6-8-22)25-24(20-11-13-21(28)14-12-20)26(31)30(27(25)32)18-17-19-9-15-23(33-2)16-10-19/h4-16H,3,17-18H2,1-2H3. The molecule has 0 bridgehead atoms. The van der Waals surface area contributed by atoms with Crippen LogP contribution in [0.3, 0.4) is 0 Å². The van der Waals surface area contributed by atoms with E-state index in [0.717, 1.165) is 17.0 Å². The highest BCUT2D eigenvalue weighted by Gasteiger charge is 2.41. The van der Waals surface area contributed by atoms with Gasteiger partial charge in [0, 0.05) is 18.8 Å². The van der Waals surface area contributed by atoms with Gasteiger partial charge in [-0.25, -0.2) is 4.39 Å². The molecule has 168 valence electrons. The molecule has 33 heavy (non-hydrogen) atoms. The number of amides is 2. The number of nitrogens with zero attached hydrogens (tertiary/aromatic N) is 2. The number of hydrogen-bond donors (Lipinski definition) is 0. The molecule has 0 N–H and O–H groups in total. The predicted molar refractivity (Wildman–Crippen MR) is 126 cm³/mol. The Morgan fingerprint density at radius 1 is 0.879 bits per heavy atom. The molecule has 0 unspecified atom stereocenters. The number of likely N-dealkylation sites (N-methyl/N-ethyl adjacent to an activating group) is 1. The number of halogens is 1. The minimum absolute atomic E-state index is 0.241. The third-order valence-corrected chi connectivity index (χ3v) is 5.71. The summed E-state index contributed by atoms with van der Waals surface area (Å²) in [7, 11) is 1.60. The van der Waals surface area contributed by atoms with E-state index in [4.69, 9.17) is 4.74 Å². The molecule has 0 saturated carbocycles. The number of para-hydroxylation sites is 1. The Bertz CT molecular complexity index is 1170. The summed E-state index contributed by atoms with van der Waals surface area (Å²) in [6, 6.07) is 22.7. The number of rotatable bonds is 8. The SMILES string of the molecule is CCN(C1=C(c2ccc(F)cc2)C(=O)N(CCc2ccc(OC)cc2)C1=O)c1ccccc1. The number of hydrogen-bond acceptors (Lipinski definition) is 4. The Hall–Kier alpha value is -3.93. The van der Waals surface area contributed by atoms with Crippen molar-refractivity contribution in [3.63, 3.8) is 0 Å². The molecule has 0 atom stereocenters. The number of benzene rings is 3. The molecule has 0 fully saturated rings. The first kappa shape index (κ1) is 22.3. The van der Waals surface area contributed by atoms with Crippen LogP contribution in [0.5, 0.6) is 5.75 Å². The summed E-state index contributed by atoms with van der Waals surface area (Å²) < 4.78 is 18.8. The van der Waals surface area contributed by atoms with Crippen molar-refractivity contribution in [3.8, 4) is 5.75 Å². The summed E-state index contributed by atoms with van der Waals surface area (Å²) in [5.74, 6) is -0.372. The summed E-state index contributed by atoms with van der Waals surface area (Å²) in [5, 5.41) is 0. The highest BCUT2D eigenvalue weighted by Crippen LogP contribution is 2.34. The van der Waals surface area contributed by atoms with Crippen LogP contribution in [0.2, 0.25) is 0 Å². The molecule has 6 heteroatoms. The van der Waals surface area contributed by atoms with Crippen molar-refractivity contribution < 1.29 is 18.7 Å². The maximum Gasteiger partial charge on any atom is 0.278 e. The molecule has 3 aromatic carbocycles. The van der Waals surface area contributed by atoms with E-state index in [1.165, 1.54) is 17.0 Å². The molecule has 1 aliphatic heterocycles. The van der Waals surface area contributed by atoms with Crippen molar-refractivity contribution in [2.75, 3.05) is 25.1 Å². The van der Waals surface area contributed by atoms with E-state index in [0.29, 0.717) is 29.8 Å². The van der Waals surface area contributed by atoms with E-state index in [1.807, 2.05) is 66.4 Å². The molecule has 0 aliphatic carbocycles. The second kappa shape index (κ2) is 9.69. The molecule has 0 saturated heterocycles. The monoisotopic (exact) mass is 444 g/mol. The Balaban J connectivity index is 1.69.